The highest BCUT2D eigenvalue weighted by Gasteiger charge is 2.26. The molecule has 5 rings (SSSR count). The van der Waals surface area contributed by atoms with E-state index >= 15 is 0 Å². The summed E-state index contributed by atoms with van der Waals surface area (Å²) in [4.78, 5) is 26.0. The summed E-state index contributed by atoms with van der Waals surface area (Å²) in [5.74, 6) is 2.80. The topological polar surface area (TPSA) is 103 Å². The van der Waals surface area contributed by atoms with Crippen LogP contribution in [0.1, 0.15) is 10.5 Å². The summed E-state index contributed by atoms with van der Waals surface area (Å²) in [6.45, 7) is 2.47. The van der Waals surface area contributed by atoms with E-state index in [4.69, 9.17) is 9.47 Å². The molecule has 180 valence electrons. The first kappa shape index (κ1) is 22.4. The van der Waals surface area contributed by atoms with Gasteiger partial charge in [0.25, 0.3) is 5.91 Å². The number of hydrogen-bond donors (Lipinski definition) is 0. The Hall–Kier alpha value is -4.41. The van der Waals surface area contributed by atoms with Gasteiger partial charge in [-0.3, -0.25) is 9.48 Å². The summed E-state index contributed by atoms with van der Waals surface area (Å²) in [7, 11) is 4.99. The van der Waals surface area contributed by atoms with Gasteiger partial charge in [-0.05, 0) is 30.3 Å². The summed E-state index contributed by atoms with van der Waals surface area (Å²) in [6, 6.07) is 11.1. The van der Waals surface area contributed by atoms with Crippen molar-refractivity contribution in [2.75, 3.05) is 45.3 Å². The second kappa shape index (κ2) is 9.45. The molecule has 11 heteroatoms. The van der Waals surface area contributed by atoms with Crippen molar-refractivity contribution in [2.24, 2.45) is 7.05 Å². The number of hydrogen-bond acceptors (Lipinski definition) is 8. The average molecular weight is 475 g/mol. The normalized spacial score (nSPS) is 13.7. The van der Waals surface area contributed by atoms with Gasteiger partial charge < -0.3 is 19.3 Å². The molecule has 0 aliphatic carbocycles. The summed E-state index contributed by atoms with van der Waals surface area (Å²) in [6.07, 6.45) is 5.08. The third-order valence-electron chi connectivity index (χ3n) is 6.05. The zero-order chi connectivity index (χ0) is 24.4. The Labute approximate surface area is 202 Å². The van der Waals surface area contributed by atoms with Crippen LogP contribution in [0, 0.1) is 0 Å². The number of nitrogens with zero attached hydrogens (tertiary/aromatic N) is 8. The highest BCUT2D eigenvalue weighted by Crippen LogP contribution is 2.33. The molecule has 0 radical (unpaired) electrons. The molecule has 1 amide bonds. The van der Waals surface area contributed by atoms with Crippen LogP contribution in [0.25, 0.3) is 17.1 Å². The number of aryl methyl sites for hydroxylation is 1. The largest absolute Gasteiger partial charge is 0.497 e. The molecule has 3 aromatic heterocycles. The first-order chi connectivity index (χ1) is 17.1. The Kier molecular flexibility index (Phi) is 6.04. The second-order valence-electron chi connectivity index (χ2n) is 8.07. The molecule has 0 atom stereocenters. The molecule has 0 N–H and O–H groups in total. The second-order valence-corrected chi connectivity index (χ2v) is 8.07. The first-order valence-electron chi connectivity index (χ1n) is 11.2. The predicted molar refractivity (Wildman–Crippen MR) is 129 cm³/mol. The molecule has 11 nitrogen and oxygen atoms in total. The lowest BCUT2D eigenvalue weighted by Crippen LogP contribution is -2.49. The van der Waals surface area contributed by atoms with E-state index in [1.54, 1.807) is 42.9 Å². The number of rotatable bonds is 6. The van der Waals surface area contributed by atoms with Crippen LogP contribution in [0.5, 0.6) is 11.5 Å². The maximum Gasteiger partial charge on any atom is 0.272 e. The predicted octanol–water partition coefficient (Wildman–Crippen LogP) is 2.04. The molecule has 1 aromatic carbocycles. The number of piperazine rings is 1. The molecule has 1 fully saturated rings. The van der Waals surface area contributed by atoms with Crippen molar-refractivity contribution in [3.8, 4) is 28.6 Å². The number of carbonyl (C=O) groups excluding carboxylic acids is 1. The van der Waals surface area contributed by atoms with Gasteiger partial charge in [0, 0.05) is 57.3 Å². The number of aromatic nitrogens is 6. The molecular formula is C24H26N8O3. The van der Waals surface area contributed by atoms with Crippen molar-refractivity contribution < 1.29 is 14.3 Å². The van der Waals surface area contributed by atoms with Crippen LogP contribution < -0.4 is 14.4 Å². The van der Waals surface area contributed by atoms with Gasteiger partial charge in [0.05, 0.1) is 19.9 Å². The van der Waals surface area contributed by atoms with Gasteiger partial charge in [0.2, 0.25) is 0 Å². The van der Waals surface area contributed by atoms with Gasteiger partial charge in [-0.15, -0.1) is 0 Å². The van der Waals surface area contributed by atoms with Gasteiger partial charge in [-0.25, -0.2) is 14.6 Å². The Balaban J connectivity index is 1.30. The molecular weight excluding hydrogens is 448 g/mol. The molecule has 0 unspecified atom stereocenters. The van der Waals surface area contributed by atoms with Crippen LogP contribution in [0.2, 0.25) is 0 Å². The van der Waals surface area contributed by atoms with Crippen molar-refractivity contribution in [3.05, 3.63) is 60.8 Å². The molecule has 1 saturated heterocycles. The van der Waals surface area contributed by atoms with Gasteiger partial charge in [0.15, 0.2) is 5.82 Å². The highest BCUT2D eigenvalue weighted by molar-refractivity contribution is 5.94. The molecule has 1 aliphatic rings. The van der Waals surface area contributed by atoms with Crippen LogP contribution in [0.3, 0.4) is 0 Å². The van der Waals surface area contributed by atoms with Crippen molar-refractivity contribution in [3.63, 3.8) is 0 Å². The van der Waals surface area contributed by atoms with E-state index in [-0.39, 0.29) is 5.91 Å². The quantitative estimate of drug-likeness (QED) is 0.418. The van der Waals surface area contributed by atoms with E-state index in [0.717, 1.165) is 11.4 Å². The number of benzene rings is 1. The van der Waals surface area contributed by atoms with E-state index < -0.39 is 0 Å². The van der Waals surface area contributed by atoms with E-state index in [9.17, 15) is 4.79 Å². The number of anilines is 1. The summed E-state index contributed by atoms with van der Waals surface area (Å²) < 4.78 is 14.1. The molecule has 35 heavy (non-hydrogen) atoms. The van der Waals surface area contributed by atoms with Gasteiger partial charge in [-0.1, -0.05) is 0 Å². The van der Waals surface area contributed by atoms with Crippen molar-refractivity contribution >= 4 is 11.7 Å². The van der Waals surface area contributed by atoms with Crippen molar-refractivity contribution in [1.82, 2.24) is 34.4 Å². The van der Waals surface area contributed by atoms with Crippen molar-refractivity contribution in [1.29, 1.82) is 0 Å². The molecule has 0 saturated carbocycles. The van der Waals surface area contributed by atoms with E-state index in [1.165, 1.54) is 6.33 Å². The minimum atomic E-state index is -0.0623. The average Bonchev–Trinajstić information content (AvgIpc) is 3.58. The van der Waals surface area contributed by atoms with Crippen LogP contribution in [-0.2, 0) is 7.05 Å². The van der Waals surface area contributed by atoms with E-state index in [1.807, 2.05) is 41.4 Å². The Morgan fingerprint density at radius 3 is 2.49 bits per heavy atom. The molecule has 0 bridgehead atoms. The van der Waals surface area contributed by atoms with E-state index in [0.29, 0.717) is 54.9 Å². The Morgan fingerprint density at radius 1 is 0.971 bits per heavy atom. The van der Waals surface area contributed by atoms with Gasteiger partial charge in [-0.2, -0.15) is 10.2 Å². The third kappa shape index (κ3) is 4.39. The lowest BCUT2D eigenvalue weighted by atomic mass is 10.1. The Bertz CT molecular complexity index is 1330. The summed E-state index contributed by atoms with van der Waals surface area (Å²) in [5, 5.41) is 8.80. The zero-order valence-corrected chi connectivity index (χ0v) is 19.8. The smallest absolute Gasteiger partial charge is 0.272 e. The van der Waals surface area contributed by atoms with Crippen LogP contribution in [0.4, 0.5) is 5.82 Å². The minimum absolute atomic E-state index is 0.0623. The fourth-order valence-corrected chi connectivity index (χ4v) is 4.15. The number of amides is 1. The van der Waals surface area contributed by atoms with Crippen LogP contribution in [-0.4, -0.2) is 80.7 Å². The molecule has 0 spiro atoms. The fraction of sp³-hybridized carbons (Fsp3) is 0.292. The summed E-state index contributed by atoms with van der Waals surface area (Å²) >= 11 is 0. The number of methoxy groups -OCH3 is 2. The minimum Gasteiger partial charge on any atom is -0.497 e. The molecule has 1 aliphatic heterocycles. The zero-order valence-electron chi connectivity index (χ0n) is 19.8. The van der Waals surface area contributed by atoms with Crippen molar-refractivity contribution in [2.45, 2.75) is 0 Å². The standard InChI is InChI=1S/C24H26N8O3/c1-29-20(14-19(28-29)18-13-17(34-2)5-6-21(18)35-3)24(33)31-11-9-30(10-12-31)22-15-23(26-16-25-22)32-8-4-7-27-32/h4-8,13-16H,9-12H2,1-3H3. The highest BCUT2D eigenvalue weighted by atomic mass is 16.5. The first-order valence-corrected chi connectivity index (χ1v) is 11.2. The summed E-state index contributed by atoms with van der Waals surface area (Å²) in [5.41, 5.74) is 1.93. The molecule has 4 heterocycles. The number of carbonyl (C=O) groups is 1. The van der Waals surface area contributed by atoms with Gasteiger partial charge >= 0.3 is 0 Å². The van der Waals surface area contributed by atoms with Crippen LogP contribution in [0.15, 0.2) is 55.1 Å². The lowest BCUT2D eigenvalue weighted by molar-refractivity contribution is 0.0735. The maximum atomic E-state index is 13.3. The monoisotopic (exact) mass is 474 g/mol. The Morgan fingerprint density at radius 2 is 1.77 bits per heavy atom. The van der Waals surface area contributed by atoms with Gasteiger partial charge in [0.1, 0.15) is 29.3 Å². The third-order valence-corrected chi connectivity index (χ3v) is 6.05. The molecule has 4 aromatic rings. The van der Waals surface area contributed by atoms with Crippen LogP contribution >= 0.6 is 0 Å². The maximum absolute atomic E-state index is 13.3. The number of ether oxygens (including phenoxy) is 2. The van der Waals surface area contributed by atoms with E-state index in [2.05, 4.69) is 25.1 Å². The lowest BCUT2D eigenvalue weighted by Gasteiger charge is -2.35. The SMILES string of the molecule is COc1ccc(OC)c(-c2cc(C(=O)N3CCN(c4cc(-n5cccn5)ncn4)CC3)n(C)n2)c1. The fourth-order valence-electron chi connectivity index (χ4n) is 4.15.